The van der Waals surface area contributed by atoms with Gasteiger partial charge in [-0.15, -0.1) is 0 Å². The van der Waals surface area contributed by atoms with Gasteiger partial charge in [0.1, 0.15) is 11.5 Å². The van der Waals surface area contributed by atoms with Crippen LogP contribution in [0.25, 0.3) is 21.5 Å². The first-order valence-electron chi connectivity index (χ1n) is 15.8. The normalized spacial score (nSPS) is 9.20. The zero-order valence-corrected chi connectivity index (χ0v) is 29.1. The van der Waals surface area contributed by atoms with Crippen molar-refractivity contribution in [1.29, 1.82) is 10.8 Å². The quantitative estimate of drug-likeness (QED) is 0.0685. The first-order chi connectivity index (χ1) is 24.7. The third kappa shape index (κ3) is 13.8. The Hall–Kier alpha value is -6.59. The van der Waals surface area contributed by atoms with Gasteiger partial charge in [0.05, 0.1) is 17.7 Å². The van der Waals surface area contributed by atoms with Gasteiger partial charge in [-0.25, -0.2) is 0 Å². The van der Waals surface area contributed by atoms with Crippen molar-refractivity contribution >= 4 is 46.2 Å². The number of fused-ring (bicyclic) bond motifs is 2. The van der Waals surface area contributed by atoms with E-state index < -0.39 is 5.91 Å². The lowest BCUT2D eigenvalue weighted by molar-refractivity contribution is 0.0997. The Morgan fingerprint density at radius 2 is 1.25 bits per heavy atom. The SMILES string of the molecule is CC.CCOc1cc(C=N)ccc1O.CN.N=Cc1cccnc1.NC(=O)c1cc2ccccc2cc1O.O=Cc1cc2ccccc2cc1O. The Morgan fingerprint density at radius 1 is 0.725 bits per heavy atom. The fourth-order valence-electron chi connectivity index (χ4n) is 4.12. The van der Waals surface area contributed by atoms with Crippen LogP contribution in [0, 0.1) is 10.8 Å². The maximum absolute atomic E-state index is 10.9. The maximum atomic E-state index is 10.9. The van der Waals surface area contributed by atoms with Crippen LogP contribution in [-0.4, -0.2) is 58.6 Å². The van der Waals surface area contributed by atoms with Gasteiger partial charge in [0.2, 0.25) is 0 Å². The fraction of sp³-hybridized carbons (Fsp3) is 0.125. The highest BCUT2D eigenvalue weighted by molar-refractivity contribution is 6.00. The number of nitrogens with one attached hydrogen (secondary N) is 2. The van der Waals surface area contributed by atoms with Crippen molar-refractivity contribution in [2.75, 3.05) is 13.7 Å². The molecule has 0 radical (unpaired) electrons. The van der Waals surface area contributed by atoms with E-state index in [0.29, 0.717) is 24.2 Å². The molecule has 266 valence electrons. The summed E-state index contributed by atoms with van der Waals surface area (Å²) in [6, 6.07) is 29.9. The molecule has 0 saturated heterocycles. The first kappa shape index (κ1) is 42.4. The third-order valence-corrected chi connectivity index (χ3v) is 6.45. The summed E-state index contributed by atoms with van der Waals surface area (Å²) in [5.41, 5.74) is 11.7. The molecule has 0 aliphatic carbocycles. The number of carbonyl (C=O) groups excluding carboxylic acids is 2. The predicted octanol–water partition coefficient (Wildman–Crippen LogP) is 7.47. The van der Waals surface area contributed by atoms with E-state index in [1.807, 2.05) is 75.4 Å². The number of phenolic OH excluding ortho intramolecular Hbond substituents is 2. The average molecular weight is 692 g/mol. The number of aromatic nitrogens is 1. The summed E-state index contributed by atoms with van der Waals surface area (Å²) < 4.78 is 5.13. The molecule has 5 aromatic carbocycles. The number of primary amides is 1. The number of hydrogen-bond donors (Lipinski definition) is 7. The lowest BCUT2D eigenvalue weighted by Gasteiger charge is -2.05. The van der Waals surface area contributed by atoms with Crippen molar-refractivity contribution in [3.63, 3.8) is 0 Å². The molecule has 0 fully saturated rings. The Balaban J connectivity index is 0.000000334. The van der Waals surface area contributed by atoms with Crippen molar-refractivity contribution < 1.29 is 29.6 Å². The number of aldehydes is 1. The zero-order chi connectivity index (χ0) is 38.2. The molecule has 9 N–H and O–H groups in total. The number of ether oxygens (including phenoxy) is 1. The van der Waals surface area contributed by atoms with E-state index in [0.717, 1.165) is 32.7 Å². The summed E-state index contributed by atoms with van der Waals surface area (Å²) in [5, 5.41) is 45.5. The second kappa shape index (κ2) is 23.7. The standard InChI is InChI=1S/C11H9NO2.C11H8O2.C9H11NO2.C6H6N2.C2H6.CH5N/c12-11(14)9-5-7-3-1-2-4-8(7)6-10(9)13;12-7-10-5-8-3-1-2-4-9(8)6-11(10)13;1-2-12-9-5-7(6-10)3-4-8(9)11;7-4-6-2-1-3-8-5-6;2*1-2/h1-6,13H,(H2,12,14);1-7,13H;3-6,10-11H,2H2,1H3;1-5,7H;1-2H3;2H2,1H3. The van der Waals surface area contributed by atoms with Gasteiger partial charge in [0, 0.05) is 30.4 Å². The van der Waals surface area contributed by atoms with Gasteiger partial charge < -0.3 is 42.3 Å². The number of carbonyl (C=O) groups is 2. The second-order valence-corrected chi connectivity index (χ2v) is 9.69. The molecule has 11 nitrogen and oxygen atoms in total. The van der Waals surface area contributed by atoms with Crippen LogP contribution in [0.15, 0.2) is 116 Å². The maximum Gasteiger partial charge on any atom is 0.252 e. The number of hydrogen-bond acceptors (Lipinski definition) is 10. The average Bonchev–Trinajstić information content (AvgIpc) is 3.17. The van der Waals surface area contributed by atoms with E-state index >= 15 is 0 Å². The molecule has 0 atom stereocenters. The molecular formula is C40H45N5O6. The third-order valence-electron chi connectivity index (χ3n) is 6.45. The number of aromatic hydroxyl groups is 3. The molecule has 0 aliphatic rings. The minimum atomic E-state index is -0.617. The second-order valence-electron chi connectivity index (χ2n) is 9.69. The highest BCUT2D eigenvalue weighted by Gasteiger charge is 2.08. The van der Waals surface area contributed by atoms with Gasteiger partial charge in [-0.1, -0.05) is 68.4 Å². The Labute approximate surface area is 297 Å². The predicted molar refractivity (Wildman–Crippen MR) is 206 cm³/mol. The van der Waals surface area contributed by atoms with Crippen molar-refractivity contribution in [3.05, 3.63) is 138 Å². The number of rotatable bonds is 6. The monoisotopic (exact) mass is 691 g/mol. The van der Waals surface area contributed by atoms with Crippen LogP contribution in [0.1, 0.15) is 52.6 Å². The number of phenols is 3. The molecule has 0 saturated carbocycles. The first-order valence-corrected chi connectivity index (χ1v) is 15.8. The molecule has 1 heterocycles. The van der Waals surface area contributed by atoms with Crippen LogP contribution in [0.2, 0.25) is 0 Å². The van der Waals surface area contributed by atoms with Gasteiger partial charge in [-0.3, -0.25) is 14.6 Å². The molecule has 0 bridgehead atoms. The van der Waals surface area contributed by atoms with Crippen molar-refractivity contribution in [1.82, 2.24) is 4.98 Å². The Bertz CT molecular complexity index is 1980. The van der Waals surface area contributed by atoms with Crippen molar-refractivity contribution in [2.24, 2.45) is 11.5 Å². The van der Waals surface area contributed by atoms with Gasteiger partial charge in [0.25, 0.3) is 5.91 Å². The molecule has 11 heteroatoms. The molecule has 0 unspecified atom stereocenters. The van der Waals surface area contributed by atoms with Crippen LogP contribution in [0.3, 0.4) is 0 Å². The molecule has 6 rings (SSSR count). The van der Waals surface area contributed by atoms with Gasteiger partial charge >= 0.3 is 0 Å². The summed E-state index contributed by atoms with van der Waals surface area (Å²) in [7, 11) is 1.50. The number of pyridine rings is 1. The van der Waals surface area contributed by atoms with Crippen LogP contribution in [-0.2, 0) is 0 Å². The van der Waals surface area contributed by atoms with E-state index in [-0.39, 0.29) is 22.8 Å². The fourth-order valence-corrected chi connectivity index (χ4v) is 4.12. The van der Waals surface area contributed by atoms with E-state index in [1.54, 1.807) is 48.8 Å². The minimum Gasteiger partial charge on any atom is -0.507 e. The summed E-state index contributed by atoms with van der Waals surface area (Å²) in [5.74, 6) is -0.112. The van der Waals surface area contributed by atoms with Crippen molar-refractivity contribution in [2.45, 2.75) is 20.8 Å². The topological polar surface area (TPSA) is 217 Å². The van der Waals surface area contributed by atoms with Gasteiger partial charge in [-0.2, -0.15) is 0 Å². The number of nitrogens with zero attached hydrogens (tertiary/aromatic N) is 1. The lowest BCUT2D eigenvalue weighted by atomic mass is 10.1. The highest BCUT2D eigenvalue weighted by Crippen LogP contribution is 2.26. The molecule has 6 aromatic rings. The summed E-state index contributed by atoms with van der Waals surface area (Å²) in [6.45, 7) is 6.35. The van der Waals surface area contributed by atoms with Gasteiger partial charge in [-0.05, 0) is 89.6 Å². The molecule has 0 aliphatic heterocycles. The van der Waals surface area contributed by atoms with E-state index in [2.05, 4.69) is 10.7 Å². The van der Waals surface area contributed by atoms with Crippen LogP contribution >= 0.6 is 0 Å². The molecule has 0 spiro atoms. The summed E-state index contributed by atoms with van der Waals surface area (Å²) >= 11 is 0. The number of nitrogens with two attached hydrogens (primary N) is 2. The largest absolute Gasteiger partial charge is 0.507 e. The van der Waals surface area contributed by atoms with Crippen LogP contribution in [0.4, 0.5) is 0 Å². The van der Waals surface area contributed by atoms with E-state index in [1.165, 1.54) is 31.6 Å². The van der Waals surface area contributed by atoms with Gasteiger partial charge in [0.15, 0.2) is 17.8 Å². The minimum absolute atomic E-state index is 0.0358. The molecule has 1 amide bonds. The highest BCUT2D eigenvalue weighted by atomic mass is 16.5. The van der Waals surface area contributed by atoms with Crippen LogP contribution < -0.4 is 16.2 Å². The number of benzene rings is 5. The molecular weight excluding hydrogens is 646 g/mol. The summed E-state index contributed by atoms with van der Waals surface area (Å²) in [4.78, 5) is 25.2. The van der Waals surface area contributed by atoms with Crippen LogP contribution in [0.5, 0.6) is 23.0 Å². The zero-order valence-electron chi connectivity index (χ0n) is 29.1. The smallest absolute Gasteiger partial charge is 0.252 e. The van der Waals surface area contributed by atoms with E-state index in [9.17, 15) is 24.9 Å². The summed E-state index contributed by atoms with van der Waals surface area (Å²) in [6.07, 6.45) is 6.47. The van der Waals surface area contributed by atoms with Crippen molar-refractivity contribution in [3.8, 4) is 23.0 Å². The van der Waals surface area contributed by atoms with E-state index in [4.69, 9.17) is 21.3 Å². The Kier molecular flexibility index (Phi) is 19.7. The Morgan fingerprint density at radius 3 is 1.71 bits per heavy atom. The lowest BCUT2D eigenvalue weighted by Crippen LogP contribution is -2.10. The molecule has 51 heavy (non-hydrogen) atoms. The molecule has 1 aromatic heterocycles. The number of amides is 1.